The Morgan fingerprint density at radius 2 is 1.79 bits per heavy atom. The summed E-state index contributed by atoms with van der Waals surface area (Å²) in [7, 11) is 1.91. The zero-order valence-electron chi connectivity index (χ0n) is 10.7. The van der Waals surface area contributed by atoms with Crippen LogP contribution in [0.25, 0.3) is 0 Å². The summed E-state index contributed by atoms with van der Waals surface area (Å²) in [5.74, 6) is 1.59. The van der Waals surface area contributed by atoms with Gasteiger partial charge < -0.3 is 14.8 Å². The average molecular weight is 257 g/mol. The van der Waals surface area contributed by atoms with Gasteiger partial charge in [0.25, 0.3) is 0 Å². The zero-order chi connectivity index (χ0) is 13.1. The number of aromatic nitrogens is 2. The minimum Gasteiger partial charge on any atom is -0.486 e. The molecule has 5 nitrogen and oxygen atoms in total. The summed E-state index contributed by atoms with van der Waals surface area (Å²) >= 11 is 0. The van der Waals surface area contributed by atoms with Crippen molar-refractivity contribution in [2.75, 3.05) is 20.3 Å². The van der Waals surface area contributed by atoms with Crippen molar-refractivity contribution in [3.05, 3.63) is 48.0 Å². The Bertz CT molecular complexity index is 560. The molecule has 0 saturated carbocycles. The number of fused-ring (bicyclic) bond motifs is 1. The highest BCUT2D eigenvalue weighted by molar-refractivity contribution is 5.46. The highest BCUT2D eigenvalue weighted by Crippen LogP contribution is 2.33. The minimum atomic E-state index is 0.0389. The third kappa shape index (κ3) is 2.37. The lowest BCUT2D eigenvalue weighted by atomic mass is 10.0. The van der Waals surface area contributed by atoms with Crippen LogP contribution in [0.1, 0.15) is 17.2 Å². The number of hydrogen-bond acceptors (Lipinski definition) is 5. The summed E-state index contributed by atoms with van der Waals surface area (Å²) in [4.78, 5) is 8.12. The maximum absolute atomic E-state index is 5.61. The molecule has 1 unspecified atom stereocenters. The van der Waals surface area contributed by atoms with E-state index in [1.807, 2.05) is 37.6 Å². The lowest BCUT2D eigenvalue weighted by molar-refractivity contribution is 0.171. The summed E-state index contributed by atoms with van der Waals surface area (Å²) in [6.07, 6.45) is 5.15. The average Bonchev–Trinajstić information content (AvgIpc) is 2.49. The Hall–Kier alpha value is -2.14. The van der Waals surface area contributed by atoms with Crippen LogP contribution in [0.2, 0.25) is 0 Å². The molecule has 98 valence electrons. The zero-order valence-corrected chi connectivity index (χ0v) is 10.7. The van der Waals surface area contributed by atoms with Crippen LogP contribution in [-0.4, -0.2) is 30.2 Å². The summed E-state index contributed by atoms with van der Waals surface area (Å²) in [5.41, 5.74) is 2.11. The number of rotatable bonds is 3. The van der Waals surface area contributed by atoms with Gasteiger partial charge in [0, 0.05) is 18.0 Å². The fraction of sp³-hybridized carbons (Fsp3) is 0.286. The summed E-state index contributed by atoms with van der Waals surface area (Å²) < 4.78 is 11.1. The van der Waals surface area contributed by atoms with Gasteiger partial charge in [-0.15, -0.1) is 0 Å². The molecule has 19 heavy (non-hydrogen) atoms. The second-order valence-electron chi connectivity index (χ2n) is 4.30. The molecule has 1 N–H and O–H groups in total. The highest BCUT2D eigenvalue weighted by atomic mass is 16.6. The van der Waals surface area contributed by atoms with Crippen molar-refractivity contribution in [1.82, 2.24) is 15.3 Å². The fourth-order valence-electron chi connectivity index (χ4n) is 2.22. The molecule has 3 rings (SSSR count). The minimum absolute atomic E-state index is 0.0389. The van der Waals surface area contributed by atoms with Crippen molar-refractivity contribution in [2.24, 2.45) is 0 Å². The Kier molecular flexibility index (Phi) is 3.29. The van der Waals surface area contributed by atoms with Gasteiger partial charge >= 0.3 is 0 Å². The molecule has 0 fully saturated rings. The number of hydrogen-bond donors (Lipinski definition) is 1. The van der Waals surface area contributed by atoms with Crippen LogP contribution in [-0.2, 0) is 0 Å². The van der Waals surface area contributed by atoms with Gasteiger partial charge in [-0.05, 0) is 24.7 Å². The fourth-order valence-corrected chi connectivity index (χ4v) is 2.22. The van der Waals surface area contributed by atoms with E-state index < -0.39 is 0 Å². The van der Waals surface area contributed by atoms with E-state index in [9.17, 15) is 0 Å². The third-order valence-corrected chi connectivity index (χ3v) is 3.10. The van der Waals surface area contributed by atoms with E-state index >= 15 is 0 Å². The monoisotopic (exact) mass is 257 g/mol. The molecular formula is C14H15N3O2. The summed E-state index contributed by atoms with van der Waals surface area (Å²) in [6, 6.07) is 6.01. The first-order valence-electron chi connectivity index (χ1n) is 6.20. The molecule has 1 aromatic carbocycles. The van der Waals surface area contributed by atoms with E-state index in [-0.39, 0.29) is 6.04 Å². The summed E-state index contributed by atoms with van der Waals surface area (Å²) in [5, 5.41) is 3.27. The molecule has 1 atom stereocenters. The molecule has 1 aromatic heterocycles. The van der Waals surface area contributed by atoms with Gasteiger partial charge in [0.2, 0.25) is 0 Å². The molecular weight excluding hydrogens is 242 g/mol. The first kappa shape index (κ1) is 11.9. The van der Waals surface area contributed by atoms with Crippen LogP contribution in [0.3, 0.4) is 0 Å². The Labute approximate surface area is 111 Å². The lowest BCUT2D eigenvalue weighted by Crippen LogP contribution is -2.19. The molecule has 5 heteroatoms. The van der Waals surface area contributed by atoms with Crippen LogP contribution in [0, 0.1) is 0 Å². The molecule has 0 aliphatic carbocycles. The van der Waals surface area contributed by atoms with Crippen molar-refractivity contribution in [2.45, 2.75) is 6.04 Å². The van der Waals surface area contributed by atoms with Crippen molar-refractivity contribution in [3.63, 3.8) is 0 Å². The second-order valence-corrected chi connectivity index (χ2v) is 4.30. The van der Waals surface area contributed by atoms with E-state index in [1.54, 1.807) is 0 Å². The number of nitrogens with one attached hydrogen (secondary N) is 1. The van der Waals surface area contributed by atoms with Crippen LogP contribution < -0.4 is 14.8 Å². The molecule has 2 aromatic rings. The molecule has 0 spiro atoms. The Morgan fingerprint density at radius 3 is 2.53 bits per heavy atom. The van der Waals surface area contributed by atoms with E-state index in [4.69, 9.17) is 9.47 Å². The van der Waals surface area contributed by atoms with Crippen LogP contribution in [0.4, 0.5) is 0 Å². The molecule has 2 heterocycles. The topological polar surface area (TPSA) is 56.3 Å². The largest absolute Gasteiger partial charge is 0.486 e. The van der Waals surface area contributed by atoms with E-state index in [0.717, 1.165) is 22.6 Å². The van der Waals surface area contributed by atoms with E-state index in [1.165, 1.54) is 6.33 Å². The molecule has 0 amide bonds. The predicted molar refractivity (Wildman–Crippen MR) is 70.4 cm³/mol. The van der Waals surface area contributed by atoms with E-state index in [2.05, 4.69) is 15.3 Å². The van der Waals surface area contributed by atoms with Crippen LogP contribution >= 0.6 is 0 Å². The molecule has 1 aliphatic rings. The van der Waals surface area contributed by atoms with Crippen molar-refractivity contribution in [1.29, 1.82) is 0 Å². The maximum atomic E-state index is 5.61. The third-order valence-electron chi connectivity index (χ3n) is 3.10. The maximum Gasteiger partial charge on any atom is 0.161 e. The first-order valence-corrected chi connectivity index (χ1v) is 6.20. The molecule has 0 radical (unpaired) electrons. The number of benzene rings is 1. The molecule has 0 saturated heterocycles. The van der Waals surface area contributed by atoms with Gasteiger partial charge in [-0.1, -0.05) is 6.07 Å². The standard InChI is InChI=1S/C14H15N3O2/c1-15-14(11-7-16-9-17-8-11)10-2-3-12-13(6-10)19-5-4-18-12/h2-3,6-9,14-15H,4-5H2,1H3. The second kappa shape index (κ2) is 5.24. The van der Waals surface area contributed by atoms with Crippen LogP contribution in [0.15, 0.2) is 36.9 Å². The van der Waals surface area contributed by atoms with Gasteiger partial charge in [0.05, 0.1) is 6.04 Å². The van der Waals surface area contributed by atoms with Crippen LogP contribution in [0.5, 0.6) is 11.5 Å². The highest BCUT2D eigenvalue weighted by Gasteiger charge is 2.17. The van der Waals surface area contributed by atoms with E-state index in [0.29, 0.717) is 13.2 Å². The van der Waals surface area contributed by atoms with Gasteiger partial charge in [-0.25, -0.2) is 9.97 Å². The van der Waals surface area contributed by atoms with Gasteiger partial charge in [0.15, 0.2) is 11.5 Å². The Morgan fingerprint density at radius 1 is 1.05 bits per heavy atom. The SMILES string of the molecule is CNC(c1cncnc1)c1ccc2c(c1)OCCO2. The molecule has 0 bridgehead atoms. The normalized spacial score (nSPS) is 15.0. The number of nitrogens with zero attached hydrogens (tertiary/aromatic N) is 2. The summed E-state index contributed by atoms with van der Waals surface area (Å²) in [6.45, 7) is 1.20. The number of ether oxygens (including phenoxy) is 2. The van der Waals surface area contributed by atoms with Gasteiger partial charge in [-0.3, -0.25) is 0 Å². The van der Waals surface area contributed by atoms with Crippen molar-refractivity contribution >= 4 is 0 Å². The van der Waals surface area contributed by atoms with Crippen molar-refractivity contribution in [3.8, 4) is 11.5 Å². The lowest BCUT2D eigenvalue weighted by Gasteiger charge is -2.22. The quantitative estimate of drug-likeness (QED) is 0.904. The Balaban J connectivity index is 1.96. The van der Waals surface area contributed by atoms with Crippen molar-refractivity contribution < 1.29 is 9.47 Å². The van der Waals surface area contributed by atoms with Gasteiger partial charge in [0.1, 0.15) is 19.5 Å². The molecule has 1 aliphatic heterocycles. The van der Waals surface area contributed by atoms with Gasteiger partial charge in [-0.2, -0.15) is 0 Å². The predicted octanol–water partition coefficient (Wildman–Crippen LogP) is 1.56. The smallest absolute Gasteiger partial charge is 0.161 e. The first-order chi connectivity index (χ1) is 9.38.